The first-order valence-corrected chi connectivity index (χ1v) is 5.23. The van der Waals surface area contributed by atoms with Crippen molar-refractivity contribution in [1.82, 2.24) is 4.90 Å². The van der Waals surface area contributed by atoms with Gasteiger partial charge >= 0.3 is 6.09 Å². The number of amides is 1. The lowest BCUT2D eigenvalue weighted by Gasteiger charge is -2.26. The van der Waals surface area contributed by atoms with Crippen LogP contribution in [0.25, 0.3) is 0 Å². The van der Waals surface area contributed by atoms with Crippen LogP contribution in [0.2, 0.25) is 0 Å². The molecule has 0 bridgehead atoms. The van der Waals surface area contributed by atoms with Gasteiger partial charge in [-0.15, -0.1) is 0 Å². The fourth-order valence-corrected chi connectivity index (χ4v) is 0.990. The molecule has 0 radical (unpaired) electrons. The zero-order chi connectivity index (χ0) is 13.5. The van der Waals surface area contributed by atoms with Gasteiger partial charge in [-0.1, -0.05) is 5.16 Å². The van der Waals surface area contributed by atoms with Crippen molar-refractivity contribution in [1.29, 1.82) is 0 Å². The number of carbonyl (C=O) groups excluding carboxylic acids is 1. The predicted molar refractivity (Wildman–Crippen MR) is 63.1 cm³/mol. The van der Waals surface area contributed by atoms with E-state index < -0.39 is 11.7 Å². The maximum atomic E-state index is 11.8. The fourth-order valence-electron chi connectivity index (χ4n) is 0.990. The Labute approximate surface area is 101 Å². The van der Waals surface area contributed by atoms with E-state index in [4.69, 9.17) is 20.4 Å². The van der Waals surface area contributed by atoms with Crippen LogP contribution in [-0.4, -0.2) is 54.4 Å². The van der Waals surface area contributed by atoms with Gasteiger partial charge in [-0.25, -0.2) is 4.79 Å². The van der Waals surface area contributed by atoms with Gasteiger partial charge in [0.2, 0.25) is 0 Å². The second kappa shape index (κ2) is 6.95. The molecular weight excluding hydrogens is 226 g/mol. The molecule has 0 atom stereocenters. The van der Waals surface area contributed by atoms with Crippen LogP contribution < -0.4 is 5.73 Å². The van der Waals surface area contributed by atoms with Gasteiger partial charge in [0.05, 0.1) is 13.2 Å². The van der Waals surface area contributed by atoms with Crippen molar-refractivity contribution in [3.63, 3.8) is 0 Å². The van der Waals surface area contributed by atoms with Crippen molar-refractivity contribution in [2.24, 2.45) is 10.9 Å². The fraction of sp³-hybridized carbons (Fsp3) is 0.800. The van der Waals surface area contributed by atoms with Crippen LogP contribution >= 0.6 is 0 Å². The molecule has 7 heteroatoms. The molecule has 0 saturated carbocycles. The van der Waals surface area contributed by atoms with Crippen molar-refractivity contribution >= 4 is 11.9 Å². The lowest BCUT2D eigenvalue weighted by Crippen LogP contribution is -2.43. The third-order valence-electron chi connectivity index (χ3n) is 1.70. The second-order valence-corrected chi connectivity index (χ2v) is 4.49. The van der Waals surface area contributed by atoms with Crippen molar-refractivity contribution in [2.75, 3.05) is 26.8 Å². The number of nitrogens with zero attached hydrogens (tertiary/aromatic N) is 2. The number of methoxy groups -OCH3 is 1. The molecule has 0 spiro atoms. The summed E-state index contributed by atoms with van der Waals surface area (Å²) in [6, 6.07) is 0. The molecule has 0 fully saturated rings. The van der Waals surface area contributed by atoms with Gasteiger partial charge in [0.15, 0.2) is 5.84 Å². The van der Waals surface area contributed by atoms with Crippen LogP contribution in [0.3, 0.4) is 0 Å². The van der Waals surface area contributed by atoms with Gasteiger partial charge < -0.3 is 20.4 Å². The average molecular weight is 247 g/mol. The molecule has 0 aromatic rings. The highest BCUT2D eigenvalue weighted by molar-refractivity contribution is 5.85. The van der Waals surface area contributed by atoms with E-state index >= 15 is 0 Å². The summed E-state index contributed by atoms with van der Waals surface area (Å²) >= 11 is 0. The normalized spacial score (nSPS) is 12.4. The molecule has 7 nitrogen and oxygen atoms in total. The number of oxime groups is 1. The first kappa shape index (κ1) is 15.5. The monoisotopic (exact) mass is 247 g/mol. The molecule has 100 valence electrons. The lowest BCUT2D eigenvalue weighted by molar-refractivity contribution is 0.0232. The summed E-state index contributed by atoms with van der Waals surface area (Å²) in [5.41, 5.74) is 4.77. The van der Waals surface area contributed by atoms with Crippen LogP contribution in [-0.2, 0) is 9.47 Å². The Bertz CT molecular complexity index is 273. The third-order valence-corrected chi connectivity index (χ3v) is 1.70. The standard InChI is InChI=1S/C10H21N3O4/c1-10(2,3)17-9(14)13(5-6-16-4)7-8(11)12-15/h15H,5-7H2,1-4H3,(H2,11,12). The number of amidine groups is 1. The Morgan fingerprint density at radius 3 is 2.47 bits per heavy atom. The van der Waals surface area contributed by atoms with Crippen LogP contribution in [0.15, 0.2) is 5.16 Å². The maximum absolute atomic E-state index is 11.8. The lowest BCUT2D eigenvalue weighted by atomic mass is 10.2. The van der Waals surface area contributed by atoms with Gasteiger partial charge in [0.1, 0.15) is 5.60 Å². The van der Waals surface area contributed by atoms with E-state index in [2.05, 4.69) is 5.16 Å². The van der Waals surface area contributed by atoms with Gasteiger partial charge in [-0.05, 0) is 20.8 Å². The van der Waals surface area contributed by atoms with E-state index in [1.807, 2.05) is 0 Å². The zero-order valence-electron chi connectivity index (χ0n) is 10.8. The number of ether oxygens (including phenoxy) is 2. The molecule has 0 aliphatic rings. The maximum Gasteiger partial charge on any atom is 0.410 e. The SMILES string of the molecule is COCCN(C/C(N)=N/O)C(=O)OC(C)(C)C. The summed E-state index contributed by atoms with van der Waals surface area (Å²) < 4.78 is 10.1. The molecule has 0 rings (SSSR count). The van der Waals surface area contributed by atoms with Crippen LogP contribution in [0.1, 0.15) is 20.8 Å². The second-order valence-electron chi connectivity index (χ2n) is 4.49. The van der Waals surface area contributed by atoms with Gasteiger partial charge in [-0.2, -0.15) is 0 Å². The van der Waals surface area contributed by atoms with Crippen molar-refractivity contribution in [3.05, 3.63) is 0 Å². The summed E-state index contributed by atoms with van der Waals surface area (Å²) in [4.78, 5) is 13.1. The molecule has 3 N–H and O–H groups in total. The molecule has 0 aliphatic heterocycles. The van der Waals surface area contributed by atoms with Crippen LogP contribution in [0.5, 0.6) is 0 Å². The Morgan fingerprint density at radius 2 is 2.06 bits per heavy atom. The number of hydrogen-bond donors (Lipinski definition) is 2. The molecule has 0 aromatic carbocycles. The number of carbonyl (C=O) groups is 1. The van der Waals surface area contributed by atoms with Crippen molar-refractivity contribution < 1.29 is 19.5 Å². The van der Waals surface area contributed by atoms with Crippen LogP contribution in [0.4, 0.5) is 4.79 Å². The predicted octanol–water partition coefficient (Wildman–Crippen LogP) is 0.616. The molecule has 0 unspecified atom stereocenters. The van der Waals surface area contributed by atoms with Gasteiger partial charge in [0, 0.05) is 13.7 Å². The summed E-state index contributed by atoms with van der Waals surface area (Å²) in [6.45, 7) is 5.95. The van der Waals surface area contributed by atoms with E-state index in [0.717, 1.165) is 0 Å². The summed E-state index contributed by atoms with van der Waals surface area (Å²) in [6.07, 6.45) is -0.527. The molecule has 0 aromatic heterocycles. The van der Waals surface area contributed by atoms with Crippen LogP contribution in [0, 0.1) is 0 Å². The van der Waals surface area contributed by atoms with E-state index in [1.54, 1.807) is 20.8 Å². The zero-order valence-corrected chi connectivity index (χ0v) is 10.8. The van der Waals surface area contributed by atoms with Crippen molar-refractivity contribution in [2.45, 2.75) is 26.4 Å². The quantitative estimate of drug-likeness (QED) is 0.321. The first-order valence-electron chi connectivity index (χ1n) is 5.23. The summed E-state index contributed by atoms with van der Waals surface area (Å²) in [7, 11) is 1.52. The van der Waals surface area contributed by atoms with Gasteiger partial charge in [0.25, 0.3) is 0 Å². The number of rotatable bonds is 5. The highest BCUT2D eigenvalue weighted by Crippen LogP contribution is 2.09. The first-order chi connectivity index (χ1) is 7.80. The molecule has 0 heterocycles. The molecule has 1 amide bonds. The Kier molecular flexibility index (Phi) is 6.34. The van der Waals surface area contributed by atoms with E-state index in [-0.39, 0.29) is 12.4 Å². The van der Waals surface area contributed by atoms with E-state index in [9.17, 15) is 4.79 Å². The molecular formula is C10H21N3O4. The molecule has 0 saturated heterocycles. The van der Waals surface area contributed by atoms with Crippen molar-refractivity contribution in [3.8, 4) is 0 Å². The Balaban J connectivity index is 4.50. The summed E-state index contributed by atoms with van der Waals surface area (Å²) in [5.74, 6) is -0.0630. The summed E-state index contributed by atoms with van der Waals surface area (Å²) in [5, 5.41) is 11.3. The topological polar surface area (TPSA) is 97.4 Å². The highest BCUT2D eigenvalue weighted by Gasteiger charge is 2.22. The Hall–Kier alpha value is -1.50. The molecule has 0 aliphatic carbocycles. The third kappa shape index (κ3) is 7.40. The van der Waals surface area contributed by atoms with E-state index in [1.165, 1.54) is 12.0 Å². The minimum atomic E-state index is -0.590. The minimum absolute atomic E-state index is 0.00519. The smallest absolute Gasteiger partial charge is 0.410 e. The largest absolute Gasteiger partial charge is 0.444 e. The highest BCUT2D eigenvalue weighted by atomic mass is 16.6. The minimum Gasteiger partial charge on any atom is -0.444 e. The number of nitrogens with two attached hydrogens (primary N) is 1. The molecule has 17 heavy (non-hydrogen) atoms. The Morgan fingerprint density at radius 1 is 1.47 bits per heavy atom. The van der Waals surface area contributed by atoms with E-state index in [0.29, 0.717) is 13.2 Å². The number of hydrogen-bond acceptors (Lipinski definition) is 5. The average Bonchev–Trinajstić information content (AvgIpc) is 2.21. The van der Waals surface area contributed by atoms with Gasteiger partial charge in [-0.3, -0.25) is 4.90 Å².